The van der Waals surface area contributed by atoms with Gasteiger partial charge in [0.05, 0.1) is 30.0 Å². The fraction of sp³-hybridized carbons (Fsp3) is 0.125. The van der Waals surface area contributed by atoms with Gasteiger partial charge in [0.25, 0.3) is 5.91 Å². The fourth-order valence-corrected chi connectivity index (χ4v) is 3.65. The van der Waals surface area contributed by atoms with Crippen LogP contribution in [0.1, 0.15) is 39.4 Å². The molecule has 0 radical (unpaired) electrons. The molecule has 0 bridgehead atoms. The largest absolute Gasteiger partial charge is 0.508 e. The van der Waals surface area contributed by atoms with Gasteiger partial charge in [-0.3, -0.25) is 14.5 Å². The number of Topliss-reactive ketones (excluding diaryl/α,β-unsaturated/α-hetero) is 1. The number of hydrogen-bond acceptors (Lipinski definition) is 7. The molecule has 0 saturated heterocycles. The number of amides is 1. The van der Waals surface area contributed by atoms with E-state index in [1.165, 1.54) is 47.6 Å². The number of hydrogen-bond donors (Lipinski definition) is 2. The van der Waals surface area contributed by atoms with Crippen molar-refractivity contribution in [3.05, 3.63) is 95.1 Å². The summed E-state index contributed by atoms with van der Waals surface area (Å²) in [6.45, 7) is 1.86. The van der Waals surface area contributed by atoms with E-state index >= 15 is 0 Å². The van der Waals surface area contributed by atoms with Crippen LogP contribution >= 0.6 is 0 Å². The van der Waals surface area contributed by atoms with Crippen LogP contribution in [0.5, 0.6) is 5.75 Å². The summed E-state index contributed by atoms with van der Waals surface area (Å²) >= 11 is 0. The maximum Gasteiger partial charge on any atom is 0.338 e. The molecule has 3 aromatic rings. The van der Waals surface area contributed by atoms with Crippen LogP contribution in [0.4, 0.5) is 5.69 Å². The van der Waals surface area contributed by atoms with E-state index in [4.69, 9.17) is 9.15 Å². The monoisotopic (exact) mass is 433 g/mol. The zero-order valence-corrected chi connectivity index (χ0v) is 17.0. The third-order valence-electron chi connectivity index (χ3n) is 5.02. The summed E-state index contributed by atoms with van der Waals surface area (Å²) in [5.74, 6) is -2.93. The van der Waals surface area contributed by atoms with Crippen molar-refractivity contribution in [1.29, 1.82) is 0 Å². The first kappa shape index (κ1) is 20.9. The number of furan rings is 1. The molecule has 162 valence electrons. The molecule has 2 heterocycles. The molecule has 32 heavy (non-hydrogen) atoms. The highest BCUT2D eigenvalue weighted by Crippen LogP contribution is 2.42. The number of ether oxygens (including phenoxy) is 1. The lowest BCUT2D eigenvalue weighted by atomic mass is 9.94. The van der Waals surface area contributed by atoms with E-state index in [1.807, 2.05) is 0 Å². The maximum absolute atomic E-state index is 13.1. The Hall–Kier alpha value is -4.33. The molecule has 4 rings (SSSR count). The van der Waals surface area contributed by atoms with Crippen LogP contribution in [0.25, 0.3) is 0 Å². The minimum Gasteiger partial charge on any atom is -0.508 e. The van der Waals surface area contributed by atoms with Crippen LogP contribution in [0, 0.1) is 0 Å². The van der Waals surface area contributed by atoms with Crippen molar-refractivity contribution in [3.63, 3.8) is 0 Å². The first-order chi connectivity index (χ1) is 15.4. The van der Waals surface area contributed by atoms with Crippen LogP contribution in [0.15, 0.2) is 82.7 Å². The topological polar surface area (TPSA) is 117 Å². The van der Waals surface area contributed by atoms with Gasteiger partial charge in [-0.1, -0.05) is 18.2 Å². The van der Waals surface area contributed by atoms with Crippen LogP contribution in [0.3, 0.4) is 0 Å². The van der Waals surface area contributed by atoms with Crippen molar-refractivity contribution in [2.24, 2.45) is 0 Å². The SMILES string of the molecule is CCOC(=O)c1cccc(N2C(=O)C(O)=C(C(=O)c3ccco3)C2c2cccc(O)c2)c1. The first-order valence-corrected chi connectivity index (χ1v) is 9.83. The summed E-state index contributed by atoms with van der Waals surface area (Å²) in [5, 5.41) is 20.7. The number of aromatic hydroxyl groups is 1. The minimum absolute atomic E-state index is 0.0494. The lowest BCUT2D eigenvalue weighted by molar-refractivity contribution is -0.117. The van der Waals surface area contributed by atoms with Crippen LogP contribution in [-0.2, 0) is 9.53 Å². The van der Waals surface area contributed by atoms with Crippen molar-refractivity contribution >= 4 is 23.3 Å². The summed E-state index contributed by atoms with van der Waals surface area (Å²) in [4.78, 5) is 39.7. The van der Waals surface area contributed by atoms with E-state index in [1.54, 1.807) is 31.2 Å². The Labute approximate surface area is 183 Å². The second-order valence-electron chi connectivity index (χ2n) is 7.01. The Kier molecular flexibility index (Phi) is 5.51. The van der Waals surface area contributed by atoms with Crippen molar-refractivity contribution < 1.29 is 33.8 Å². The molecule has 1 aliphatic heterocycles. The molecule has 2 aromatic carbocycles. The maximum atomic E-state index is 13.1. The zero-order valence-electron chi connectivity index (χ0n) is 17.0. The number of phenols is 1. The Morgan fingerprint density at radius 2 is 1.84 bits per heavy atom. The number of anilines is 1. The van der Waals surface area contributed by atoms with Crippen molar-refractivity contribution in [2.75, 3.05) is 11.5 Å². The predicted octanol–water partition coefficient (Wildman–Crippen LogP) is 3.94. The lowest BCUT2D eigenvalue weighted by Gasteiger charge is -2.27. The molecule has 2 N–H and O–H groups in total. The zero-order chi connectivity index (χ0) is 22.8. The van der Waals surface area contributed by atoms with Gasteiger partial charge in [-0.15, -0.1) is 0 Å². The van der Waals surface area contributed by atoms with Gasteiger partial charge < -0.3 is 19.4 Å². The van der Waals surface area contributed by atoms with Gasteiger partial charge in [-0.2, -0.15) is 0 Å². The van der Waals surface area contributed by atoms with Crippen molar-refractivity contribution in [1.82, 2.24) is 0 Å². The smallest absolute Gasteiger partial charge is 0.338 e. The normalized spacial score (nSPS) is 15.8. The van der Waals surface area contributed by atoms with Gasteiger partial charge in [-0.05, 0) is 55.0 Å². The van der Waals surface area contributed by atoms with E-state index in [-0.39, 0.29) is 34.9 Å². The summed E-state index contributed by atoms with van der Waals surface area (Å²) in [7, 11) is 0. The summed E-state index contributed by atoms with van der Waals surface area (Å²) < 4.78 is 10.2. The van der Waals surface area contributed by atoms with Crippen LogP contribution < -0.4 is 4.90 Å². The van der Waals surface area contributed by atoms with Gasteiger partial charge >= 0.3 is 5.97 Å². The number of phenolic OH excluding ortho intramolecular Hbond substituents is 1. The molecule has 1 aliphatic rings. The molecule has 8 heteroatoms. The average Bonchev–Trinajstić information content (AvgIpc) is 3.41. The standard InChI is InChI=1S/C24H19NO7/c1-2-31-24(30)15-7-3-8-16(12-15)25-20(14-6-4-9-17(26)13-14)19(22(28)23(25)29)21(27)18-10-5-11-32-18/h3-13,20,26,28H,2H2,1H3. The van der Waals surface area contributed by atoms with E-state index in [0.717, 1.165) is 0 Å². The summed E-state index contributed by atoms with van der Waals surface area (Å²) in [6, 6.07) is 14.0. The number of benzene rings is 2. The Morgan fingerprint density at radius 1 is 1.06 bits per heavy atom. The third kappa shape index (κ3) is 3.62. The lowest BCUT2D eigenvalue weighted by Crippen LogP contribution is -2.31. The molecule has 0 fully saturated rings. The van der Waals surface area contributed by atoms with E-state index < -0.39 is 29.5 Å². The van der Waals surface area contributed by atoms with Crippen LogP contribution in [-0.4, -0.2) is 34.5 Å². The number of rotatable bonds is 6. The average molecular weight is 433 g/mol. The summed E-state index contributed by atoms with van der Waals surface area (Å²) in [5.41, 5.74) is 0.663. The summed E-state index contributed by atoms with van der Waals surface area (Å²) in [6.07, 6.45) is 1.31. The fourth-order valence-electron chi connectivity index (χ4n) is 3.65. The molecule has 8 nitrogen and oxygen atoms in total. The Morgan fingerprint density at radius 3 is 2.53 bits per heavy atom. The van der Waals surface area contributed by atoms with Crippen molar-refractivity contribution in [2.45, 2.75) is 13.0 Å². The van der Waals surface area contributed by atoms with E-state index in [9.17, 15) is 24.6 Å². The van der Waals surface area contributed by atoms with Gasteiger partial charge in [0, 0.05) is 5.69 Å². The number of nitrogens with zero attached hydrogens (tertiary/aromatic N) is 1. The molecule has 1 atom stereocenters. The first-order valence-electron chi connectivity index (χ1n) is 9.83. The molecule has 1 aromatic heterocycles. The van der Waals surface area contributed by atoms with Crippen LogP contribution in [0.2, 0.25) is 0 Å². The number of esters is 1. The second-order valence-corrected chi connectivity index (χ2v) is 7.01. The van der Waals surface area contributed by atoms with Gasteiger partial charge in [0.15, 0.2) is 11.5 Å². The highest BCUT2D eigenvalue weighted by Gasteiger charge is 2.45. The van der Waals surface area contributed by atoms with Gasteiger partial charge in [-0.25, -0.2) is 4.79 Å². The molecular formula is C24H19NO7. The molecule has 1 amide bonds. The highest BCUT2D eigenvalue weighted by atomic mass is 16.5. The molecule has 0 spiro atoms. The number of aliphatic hydroxyl groups excluding tert-OH is 1. The van der Waals surface area contributed by atoms with Gasteiger partial charge in [0.2, 0.25) is 5.78 Å². The quantitative estimate of drug-likeness (QED) is 0.446. The molecule has 0 aliphatic carbocycles. The Balaban J connectivity index is 1.86. The molecule has 1 unspecified atom stereocenters. The predicted molar refractivity (Wildman–Crippen MR) is 113 cm³/mol. The molecular weight excluding hydrogens is 414 g/mol. The van der Waals surface area contributed by atoms with E-state index in [2.05, 4.69) is 0 Å². The number of aliphatic hydroxyl groups is 1. The van der Waals surface area contributed by atoms with Gasteiger partial charge in [0.1, 0.15) is 5.75 Å². The second kappa shape index (κ2) is 8.43. The number of carbonyl (C=O) groups excluding carboxylic acids is 3. The molecule has 0 saturated carbocycles. The number of ketones is 1. The highest BCUT2D eigenvalue weighted by molar-refractivity contribution is 6.20. The Bertz CT molecular complexity index is 1230. The number of carbonyl (C=O) groups is 3. The van der Waals surface area contributed by atoms with Crippen molar-refractivity contribution in [3.8, 4) is 5.75 Å². The van der Waals surface area contributed by atoms with E-state index in [0.29, 0.717) is 5.56 Å². The third-order valence-corrected chi connectivity index (χ3v) is 5.02. The minimum atomic E-state index is -1.07.